The molecule has 2 aromatic rings. The van der Waals surface area contributed by atoms with Gasteiger partial charge in [0.05, 0.1) is 5.52 Å². The first-order valence-corrected chi connectivity index (χ1v) is 10.4. The summed E-state index contributed by atoms with van der Waals surface area (Å²) >= 11 is 0. The van der Waals surface area contributed by atoms with Crippen LogP contribution < -0.4 is 5.32 Å². The molecule has 2 atom stereocenters. The zero-order valence-electron chi connectivity index (χ0n) is 16.1. The Morgan fingerprint density at radius 3 is 2.43 bits per heavy atom. The van der Waals surface area contributed by atoms with Crippen molar-refractivity contribution in [3.05, 3.63) is 30.0 Å². The second-order valence-electron chi connectivity index (χ2n) is 8.47. The summed E-state index contributed by atoms with van der Waals surface area (Å²) in [5, 5.41) is 11.6. The molecular formula is C21H27N5O2. The summed E-state index contributed by atoms with van der Waals surface area (Å²) in [5.41, 5.74) is 1.34. The summed E-state index contributed by atoms with van der Waals surface area (Å²) in [6.07, 6.45) is 5.45. The minimum absolute atomic E-state index is 0.0560. The minimum Gasteiger partial charge on any atom is -0.339 e. The molecular weight excluding hydrogens is 354 g/mol. The molecule has 2 bridgehead atoms. The molecule has 148 valence electrons. The Morgan fingerprint density at radius 2 is 1.68 bits per heavy atom. The molecule has 0 saturated carbocycles. The number of H-pyrrole nitrogens is 1. The number of hydrogen-bond donors (Lipinski definition) is 2. The van der Waals surface area contributed by atoms with Crippen molar-refractivity contribution in [3.8, 4) is 0 Å². The van der Waals surface area contributed by atoms with Gasteiger partial charge in [-0.1, -0.05) is 18.2 Å². The zero-order valence-corrected chi connectivity index (χ0v) is 16.1. The van der Waals surface area contributed by atoms with Crippen molar-refractivity contribution < 1.29 is 9.59 Å². The van der Waals surface area contributed by atoms with Gasteiger partial charge in [-0.25, -0.2) is 0 Å². The lowest BCUT2D eigenvalue weighted by Crippen LogP contribution is -2.51. The van der Waals surface area contributed by atoms with Crippen LogP contribution in [0.25, 0.3) is 10.9 Å². The number of carbonyl (C=O) groups is 2. The van der Waals surface area contributed by atoms with E-state index in [0.29, 0.717) is 56.3 Å². The first kappa shape index (κ1) is 17.7. The predicted molar refractivity (Wildman–Crippen MR) is 106 cm³/mol. The second-order valence-corrected chi connectivity index (χ2v) is 8.47. The molecule has 2 N–H and O–H groups in total. The number of nitrogens with zero attached hydrogens (tertiary/aromatic N) is 3. The lowest BCUT2D eigenvalue weighted by atomic mass is 9.89. The standard InChI is InChI=1S/C21H27N5O2/c27-19(13-14-11-15-5-6-16(12-14)22-15)25-7-9-26(10-8-25)21(28)20-17-3-1-2-4-18(17)23-24-20/h1-4,14-16,22H,5-13H2,(H,23,24). The van der Waals surface area contributed by atoms with Crippen molar-refractivity contribution in [2.45, 2.75) is 44.2 Å². The molecule has 1 aromatic heterocycles. The Hall–Kier alpha value is -2.41. The van der Waals surface area contributed by atoms with Crippen LogP contribution in [0.1, 0.15) is 42.6 Å². The third kappa shape index (κ3) is 3.28. The normalized spacial score (nSPS) is 27.4. The highest BCUT2D eigenvalue weighted by Gasteiger charge is 2.35. The molecule has 3 aliphatic rings. The van der Waals surface area contributed by atoms with Gasteiger partial charge in [-0.3, -0.25) is 14.7 Å². The number of fused-ring (bicyclic) bond motifs is 3. The molecule has 2 unspecified atom stereocenters. The molecule has 3 fully saturated rings. The molecule has 7 nitrogen and oxygen atoms in total. The van der Waals surface area contributed by atoms with Crippen LogP contribution in [0.3, 0.4) is 0 Å². The number of hydrogen-bond acceptors (Lipinski definition) is 4. The fourth-order valence-electron chi connectivity index (χ4n) is 5.15. The first-order chi connectivity index (χ1) is 13.7. The Balaban J connectivity index is 1.17. The van der Waals surface area contributed by atoms with E-state index in [2.05, 4.69) is 15.5 Å². The fourth-order valence-corrected chi connectivity index (χ4v) is 5.15. The number of carbonyl (C=O) groups excluding carboxylic acids is 2. The summed E-state index contributed by atoms with van der Waals surface area (Å²) in [4.78, 5) is 29.4. The maximum absolute atomic E-state index is 12.9. The average Bonchev–Trinajstić information content (AvgIpc) is 3.30. The number of nitrogens with one attached hydrogen (secondary N) is 2. The number of aromatic nitrogens is 2. The molecule has 1 aromatic carbocycles. The van der Waals surface area contributed by atoms with Crippen molar-refractivity contribution in [2.75, 3.05) is 26.2 Å². The molecule has 3 aliphatic heterocycles. The third-order valence-electron chi connectivity index (χ3n) is 6.63. The number of piperazine rings is 1. The Bertz CT molecular complexity index is 874. The van der Waals surface area contributed by atoms with E-state index in [4.69, 9.17) is 0 Å². The van der Waals surface area contributed by atoms with E-state index in [1.54, 1.807) is 0 Å². The van der Waals surface area contributed by atoms with Crippen LogP contribution >= 0.6 is 0 Å². The van der Waals surface area contributed by atoms with E-state index in [0.717, 1.165) is 23.7 Å². The summed E-state index contributed by atoms with van der Waals surface area (Å²) < 4.78 is 0. The monoisotopic (exact) mass is 381 g/mol. The van der Waals surface area contributed by atoms with Crippen molar-refractivity contribution in [1.82, 2.24) is 25.3 Å². The molecule has 3 saturated heterocycles. The van der Waals surface area contributed by atoms with Crippen molar-refractivity contribution >= 4 is 22.7 Å². The van der Waals surface area contributed by atoms with Crippen LogP contribution in [0.4, 0.5) is 0 Å². The number of para-hydroxylation sites is 1. The lowest BCUT2D eigenvalue weighted by molar-refractivity contribution is -0.134. The smallest absolute Gasteiger partial charge is 0.275 e. The van der Waals surface area contributed by atoms with E-state index in [1.807, 2.05) is 34.1 Å². The van der Waals surface area contributed by atoms with E-state index in [-0.39, 0.29) is 11.8 Å². The fraction of sp³-hybridized carbons (Fsp3) is 0.571. The maximum Gasteiger partial charge on any atom is 0.275 e. The summed E-state index contributed by atoms with van der Waals surface area (Å²) in [6.45, 7) is 2.38. The topological polar surface area (TPSA) is 81.3 Å². The molecule has 0 spiro atoms. The second kappa shape index (κ2) is 7.20. The Labute approximate surface area is 164 Å². The van der Waals surface area contributed by atoms with Gasteiger partial charge in [-0.15, -0.1) is 0 Å². The quantitative estimate of drug-likeness (QED) is 0.849. The van der Waals surface area contributed by atoms with Gasteiger partial charge >= 0.3 is 0 Å². The van der Waals surface area contributed by atoms with E-state index >= 15 is 0 Å². The number of rotatable bonds is 3. The van der Waals surface area contributed by atoms with Crippen LogP contribution in [-0.4, -0.2) is 70.1 Å². The van der Waals surface area contributed by atoms with Gasteiger partial charge in [0.2, 0.25) is 5.91 Å². The predicted octanol–water partition coefficient (Wildman–Crippen LogP) is 1.77. The highest BCUT2D eigenvalue weighted by Crippen LogP contribution is 2.33. The van der Waals surface area contributed by atoms with Crippen LogP contribution in [0.15, 0.2) is 24.3 Å². The molecule has 7 heteroatoms. The first-order valence-electron chi connectivity index (χ1n) is 10.4. The number of aromatic amines is 1. The minimum atomic E-state index is -0.0560. The van der Waals surface area contributed by atoms with E-state index in [1.165, 1.54) is 12.8 Å². The molecule has 0 radical (unpaired) electrons. The average molecular weight is 381 g/mol. The lowest BCUT2D eigenvalue weighted by Gasteiger charge is -2.36. The van der Waals surface area contributed by atoms with Gasteiger partial charge < -0.3 is 15.1 Å². The molecule has 0 aliphatic carbocycles. The van der Waals surface area contributed by atoms with Crippen molar-refractivity contribution in [1.29, 1.82) is 0 Å². The summed E-state index contributed by atoms with van der Waals surface area (Å²) in [5.74, 6) is 0.712. The largest absolute Gasteiger partial charge is 0.339 e. The van der Waals surface area contributed by atoms with Gasteiger partial charge in [-0.05, 0) is 37.7 Å². The van der Waals surface area contributed by atoms with Gasteiger partial charge in [0, 0.05) is 50.1 Å². The number of piperidine rings is 1. The van der Waals surface area contributed by atoms with Crippen molar-refractivity contribution in [3.63, 3.8) is 0 Å². The SMILES string of the molecule is O=C(CC1CC2CCC(C1)N2)N1CCN(C(=O)c2n[nH]c3ccccc23)CC1. The third-order valence-corrected chi connectivity index (χ3v) is 6.63. The molecule has 4 heterocycles. The van der Waals surface area contributed by atoms with Gasteiger partial charge in [0.25, 0.3) is 5.91 Å². The molecule has 28 heavy (non-hydrogen) atoms. The van der Waals surface area contributed by atoms with Gasteiger partial charge in [-0.2, -0.15) is 5.10 Å². The summed E-state index contributed by atoms with van der Waals surface area (Å²) in [7, 11) is 0. The van der Waals surface area contributed by atoms with Crippen LogP contribution in [0, 0.1) is 5.92 Å². The number of amides is 2. The van der Waals surface area contributed by atoms with Gasteiger partial charge in [0.1, 0.15) is 0 Å². The zero-order chi connectivity index (χ0) is 19.1. The van der Waals surface area contributed by atoms with E-state index < -0.39 is 0 Å². The Kier molecular flexibility index (Phi) is 4.55. The van der Waals surface area contributed by atoms with Crippen LogP contribution in [0.5, 0.6) is 0 Å². The highest BCUT2D eigenvalue weighted by atomic mass is 16.2. The van der Waals surface area contributed by atoms with Crippen LogP contribution in [-0.2, 0) is 4.79 Å². The molecule has 2 amide bonds. The van der Waals surface area contributed by atoms with Gasteiger partial charge in [0.15, 0.2) is 5.69 Å². The molecule has 5 rings (SSSR count). The van der Waals surface area contributed by atoms with Crippen LogP contribution in [0.2, 0.25) is 0 Å². The number of benzene rings is 1. The highest BCUT2D eigenvalue weighted by molar-refractivity contribution is 6.04. The maximum atomic E-state index is 12.9. The van der Waals surface area contributed by atoms with Crippen molar-refractivity contribution in [2.24, 2.45) is 5.92 Å². The van der Waals surface area contributed by atoms with E-state index in [9.17, 15) is 9.59 Å². The Morgan fingerprint density at radius 1 is 1.00 bits per heavy atom. The summed E-state index contributed by atoms with van der Waals surface area (Å²) in [6, 6.07) is 8.91.